The fourth-order valence-corrected chi connectivity index (χ4v) is 3.30. The third kappa shape index (κ3) is 3.18. The van der Waals surface area contributed by atoms with E-state index < -0.39 is 0 Å². The zero-order chi connectivity index (χ0) is 14.8. The molecule has 3 aromatic rings. The molecule has 3 heteroatoms. The first-order valence-corrected chi connectivity index (χ1v) is 7.90. The van der Waals surface area contributed by atoms with E-state index in [0.29, 0.717) is 16.5 Å². The lowest BCUT2D eigenvalue weighted by atomic mass is 10.0. The molecule has 3 aromatic carbocycles. The summed E-state index contributed by atoms with van der Waals surface area (Å²) in [5, 5.41) is 3.33. The fourth-order valence-electron chi connectivity index (χ4n) is 2.45. The van der Waals surface area contributed by atoms with Gasteiger partial charge in [0.2, 0.25) is 0 Å². The van der Waals surface area contributed by atoms with Crippen LogP contribution in [-0.4, -0.2) is 0 Å². The summed E-state index contributed by atoms with van der Waals surface area (Å²) < 4.78 is 0. The van der Waals surface area contributed by atoms with Crippen molar-refractivity contribution in [2.75, 3.05) is 0 Å². The van der Waals surface area contributed by atoms with Crippen molar-refractivity contribution in [1.29, 1.82) is 0 Å². The van der Waals surface area contributed by atoms with Crippen LogP contribution >= 0.6 is 34.8 Å². The van der Waals surface area contributed by atoms with Gasteiger partial charge in [0.25, 0.3) is 0 Å². The molecule has 1 unspecified atom stereocenters. The maximum absolute atomic E-state index is 6.53. The molecule has 0 amide bonds. The second-order valence-corrected chi connectivity index (χ2v) is 6.31. The standard InChI is InChI=1S/C18H13Cl3/c19-16-7-3-6-15(18(16)21)17(20)11-12-8-9-13-4-1-2-5-14(13)10-12/h1-10,17H,11H2. The molecule has 0 heterocycles. The van der Waals surface area contributed by atoms with Crippen molar-refractivity contribution < 1.29 is 0 Å². The first-order chi connectivity index (χ1) is 10.1. The number of rotatable bonds is 3. The molecule has 1 atom stereocenters. The maximum Gasteiger partial charge on any atom is 0.0640 e. The van der Waals surface area contributed by atoms with E-state index in [0.717, 1.165) is 5.56 Å². The molecule has 0 aromatic heterocycles. The lowest BCUT2D eigenvalue weighted by Gasteiger charge is -2.13. The Hall–Kier alpha value is -1.21. The van der Waals surface area contributed by atoms with Gasteiger partial charge in [-0.2, -0.15) is 0 Å². The Bertz CT molecular complexity index is 780. The Balaban J connectivity index is 1.89. The van der Waals surface area contributed by atoms with E-state index in [2.05, 4.69) is 30.3 Å². The SMILES string of the molecule is Clc1cccc(C(Cl)Cc2ccc3ccccc3c2)c1Cl. The Morgan fingerprint density at radius 1 is 0.810 bits per heavy atom. The number of fused-ring (bicyclic) bond motifs is 1. The zero-order valence-electron chi connectivity index (χ0n) is 11.2. The molecule has 0 saturated heterocycles. The van der Waals surface area contributed by atoms with Crippen LogP contribution < -0.4 is 0 Å². The highest BCUT2D eigenvalue weighted by Gasteiger charge is 2.14. The molecule has 3 rings (SSSR count). The highest BCUT2D eigenvalue weighted by Crippen LogP contribution is 2.35. The smallest absolute Gasteiger partial charge is 0.0640 e. The average Bonchev–Trinajstić information content (AvgIpc) is 2.50. The molecule has 0 nitrogen and oxygen atoms in total. The van der Waals surface area contributed by atoms with Crippen LogP contribution in [-0.2, 0) is 6.42 Å². The van der Waals surface area contributed by atoms with Crippen molar-refractivity contribution >= 4 is 45.6 Å². The zero-order valence-corrected chi connectivity index (χ0v) is 13.5. The maximum atomic E-state index is 6.53. The summed E-state index contributed by atoms with van der Waals surface area (Å²) in [6, 6.07) is 20.3. The van der Waals surface area contributed by atoms with E-state index in [1.165, 1.54) is 16.3 Å². The van der Waals surface area contributed by atoms with Gasteiger partial charge in [-0.3, -0.25) is 0 Å². The van der Waals surface area contributed by atoms with Crippen LogP contribution in [0, 0.1) is 0 Å². The van der Waals surface area contributed by atoms with Crippen molar-refractivity contribution in [3.8, 4) is 0 Å². The van der Waals surface area contributed by atoms with Gasteiger partial charge in [-0.15, -0.1) is 11.6 Å². The van der Waals surface area contributed by atoms with Crippen molar-refractivity contribution in [3.05, 3.63) is 81.8 Å². The largest absolute Gasteiger partial charge is 0.117 e. The van der Waals surface area contributed by atoms with Crippen LogP contribution in [0.3, 0.4) is 0 Å². The van der Waals surface area contributed by atoms with Crippen molar-refractivity contribution in [1.82, 2.24) is 0 Å². The van der Waals surface area contributed by atoms with Crippen LogP contribution in [0.5, 0.6) is 0 Å². The topological polar surface area (TPSA) is 0 Å². The summed E-state index contributed by atoms with van der Waals surface area (Å²) in [5.74, 6) is 0. The predicted octanol–water partition coefficient (Wildman–Crippen LogP) is 6.67. The number of alkyl halides is 1. The third-order valence-corrected chi connectivity index (χ3v) is 4.77. The van der Waals surface area contributed by atoms with Gasteiger partial charge < -0.3 is 0 Å². The summed E-state index contributed by atoms with van der Waals surface area (Å²) >= 11 is 18.8. The predicted molar refractivity (Wildman–Crippen MR) is 92.7 cm³/mol. The van der Waals surface area contributed by atoms with Gasteiger partial charge in [0, 0.05) is 0 Å². The lowest BCUT2D eigenvalue weighted by molar-refractivity contribution is 0.922. The van der Waals surface area contributed by atoms with Crippen molar-refractivity contribution in [2.24, 2.45) is 0 Å². The average molecular weight is 336 g/mol. The van der Waals surface area contributed by atoms with E-state index in [1.807, 2.05) is 24.3 Å². The molecular formula is C18H13Cl3. The van der Waals surface area contributed by atoms with Crippen molar-refractivity contribution in [2.45, 2.75) is 11.8 Å². The van der Waals surface area contributed by atoms with Gasteiger partial charge in [-0.25, -0.2) is 0 Å². The number of hydrogen-bond donors (Lipinski definition) is 0. The van der Waals surface area contributed by atoms with E-state index >= 15 is 0 Å². The normalized spacial score (nSPS) is 12.5. The molecule has 0 bridgehead atoms. The molecule has 0 N–H and O–H groups in total. The summed E-state index contributed by atoms with van der Waals surface area (Å²) in [6.45, 7) is 0. The summed E-state index contributed by atoms with van der Waals surface area (Å²) in [6.07, 6.45) is 0.715. The Labute approximate surface area is 139 Å². The van der Waals surface area contributed by atoms with E-state index in [9.17, 15) is 0 Å². The van der Waals surface area contributed by atoms with Gasteiger partial charge in [0.05, 0.1) is 15.4 Å². The Morgan fingerprint density at radius 3 is 2.38 bits per heavy atom. The molecule has 106 valence electrons. The second kappa shape index (κ2) is 6.27. The minimum atomic E-state index is -0.197. The van der Waals surface area contributed by atoms with E-state index in [-0.39, 0.29) is 5.38 Å². The summed E-state index contributed by atoms with van der Waals surface area (Å²) in [4.78, 5) is 0. The van der Waals surface area contributed by atoms with Crippen LogP contribution in [0.15, 0.2) is 60.7 Å². The highest BCUT2D eigenvalue weighted by molar-refractivity contribution is 6.43. The third-order valence-electron chi connectivity index (χ3n) is 3.55. The first kappa shape index (κ1) is 14.7. The van der Waals surface area contributed by atoms with Gasteiger partial charge >= 0.3 is 0 Å². The molecule has 0 fully saturated rings. The van der Waals surface area contributed by atoms with E-state index in [4.69, 9.17) is 34.8 Å². The molecule has 0 aliphatic rings. The fraction of sp³-hybridized carbons (Fsp3) is 0.111. The molecule has 0 spiro atoms. The molecule has 0 radical (unpaired) electrons. The van der Waals surface area contributed by atoms with Crippen LogP contribution in [0.1, 0.15) is 16.5 Å². The monoisotopic (exact) mass is 334 g/mol. The number of halogens is 3. The number of benzene rings is 3. The molecule has 0 aliphatic carbocycles. The molecule has 21 heavy (non-hydrogen) atoms. The molecule has 0 saturated carbocycles. The lowest BCUT2D eigenvalue weighted by Crippen LogP contribution is -1.97. The van der Waals surface area contributed by atoms with Gasteiger partial charge in [0.1, 0.15) is 0 Å². The van der Waals surface area contributed by atoms with Gasteiger partial charge in [0.15, 0.2) is 0 Å². The van der Waals surface area contributed by atoms with Crippen LogP contribution in [0.4, 0.5) is 0 Å². The number of hydrogen-bond acceptors (Lipinski definition) is 0. The minimum Gasteiger partial charge on any atom is -0.117 e. The van der Waals surface area contributed by atoms with Gasteiger partial charge in [-0.05, 0) is 34.4 Å². The summed E-state index contributed by atoms with van der Waals surface area (Å²) in [7, 11) is 0. The Kier molecular flexibility index (Phi) is 4.40. The van der Waals surface area contributed by atoms with Crippen LogP contribution in [0.25, 0.3) is 10.8 Å². The summed E-state index contributed by atoms with van der Waals surface area (Å²) in [5.41, 5.74) is 2.06. The quantitative estimate of drug-likeness (QED) is 0.469. The first-order valence-electron chi connectivity index (χ1n) is 6.71. The highest BCUT2D eigenvalue weighted by atomic mass is 35.5. The second-order valence-electron chi connectivity index (χ2n) is 5.00. The van der Waals surface area contributed by atoms with Crippen molar-refractivity contribution in [3.63, 3.8) is 0 Å². The minimum absolute atomic E-state index is 0.197. The van der Waals surface area contributed by atoms with Crippen LogP contribution in [0.2, 0.25) is 10.0 Å². The molecule has 0 aliphatic heterocycles. The van der Waals surface area contributed by atoms with E-state index in [1.54, 1.807) is 6.07 Å². The Morgan fingerprint density at radius 2 is 1.57 bits per heavy atom. The van der Waals surface area contributed by atoms with Gasteiger partial charge in [-0.1, -0.05) is 77.8 Å². The molecular weight excluding hydrogens is 323 g/mol.